The highest BCUT2D eigenvalue weighted by atomic mass is 16.6. The first-order valence-corrected chi connectivity index (χ1v) is 6.23. The van der Waals surface area contributed by atoms with Crippen LogP contribution >= 0.6 is 0 Å². The van der Waals surface area contributed by atoms with Crippen molar-refractivity contribution in [3.8, 4) is 0 Å². The number of nitrogens with two attached hydrogens (primary N) is 1. The van der Waals surface area contributed by atoms with Crippen molar-refractivity contribution in [1.29, 1.82) is 0 Å². The number of carbonyl (C=O) groups is 2. The highest BCUT2D eigenvalue weighted by Crippen LogP contribution is 2.17. The Morgan fingerprint density at radius 2 is 1.89 bits per heavy atom. The molecule has 0 saturated carbocycles. The van der Waals surface area contributed by atoms with Crippen LogP contribution in [0.25, 0.3) is 0 Å². The Bertz CT molecular complexity index is 317. The van der Waals surface area contributed by atoms with Crippen molar-refractivity contribution >= 4 is 11.9 Å². The van der Waals surface area contributed by atoms with E-state index in [1.165, 1.54) is 0 Å². The number of nitrogens with one attached hydrogen (secondary N) is 2. The van der Waals surface area contributed by atoms with E-state index < -0.39 is 17.0 Å². The van der Waals surface area contributed by atoms with Gasteiger partial charge in [-0.1, -0.05) is 0 Å². The lowest BCUT2D eigenvalue weighted by atomic mass is 9.87. The summed E-state index contributed by atoms with van der Waals surface area (Å²) in [6.45, 7) is 6.84. The minimum absolute atomic E-state index is 0.000208. The SMILES string of the molecule is CC(C)(C)OC(=O)CNC1(C(N)=O)CCNCC1. The van der Waals surface area contributed by atoms with Crippen molar-refractivity contribution in [2.75, 3.05) is 19.6 Å². The third-order valence-electron chi connectivity index (χ3n) is 2.92. The summed E-state index contributed by atoms with van der Waals surface area (Å²) in [6.07, 6.45) is 1.18. The number of piperidine rings is 1. The first kappa shape index (κ1) is 14.9. The molecule has 1 amide bonds. The molecule has 0 spiro atoms. The second-order valence-corrected chi connectivity index (χ2v) is 5.64. The van der Waals surface area contributed by atoms with Crippen LogP contribution in [-0.4, -0.2) is 42.7 Å². The molecule has 1 rings (SSSR count). The fourth-order valence-corrected chi connectivity index (χ4v) is 1.98. The lowest BCUT2D eigenvalue weighted by Crippen LogP contribution is -2.61. The number of primary amides is 1. The summed E-state index contributed by atoms with van der Waals surface area (Å²) < 4.78 is 5.18. The van der Waals surface area contributed by atoms with Crippen LogP contribution in [0, 0.1) is 0 Å². The molecule has 18 heavy (non-hydrogen) atoms. The summed E-state index contributed by atoms with van der Waals surface area (Å²) in [5.41, 5.74) is 4.12. The predicted octanol–water partition coefficient (Wildman–Crippen LogP) is -0.475. The maximum absolute atomic E-state index is 11.6. The Hall–Kier alpha value is -1.14. The Kier molecular flexibility index (Phi) is 4.70. The van der Waals surface area contributed by atoms with Gasteiger partial charge in [0.25, 0.3) is 0 Å². The molecule has 1 aliphatic rings. The van der Waals surface area contributed by atoms with Gasteiger partial charge in [-0.25, -0.2) is 0 Å². The zero-order valence-electron chi connectivity index (χ0n) is 11.3. The molecule has 6 heteroatoms. The van der Waals surface area contributed by atoms with Gasteiger partial charge in [0.05, 0.1) is 6.54 Å². The van der Waals surface area contributed by atoms with Crippen LogP contribution < -0.4 is 16.4 Å². The molecule has 0 radical (unpaired) electrons. The second-order valence-electron chi connectivity index (χ2n) is 5.64. The number of esters is 1. The second kappa shape index (κ2) is 5.67. The molecule has 6 nitrogen and oxygen atoms in total. The van der Waals surface area contributed by atoms with Crippen LogP contribution in [0.15, 0.2) is 0 Å². The third-order valence-corrected chi connectivity index (χ3v) is 2.92. The quantitative estimate of drug-likeness (QED) is 0.592. The molecule has 1 aliphatic heterocycles. The minimum Gasteiger partial charge on any atom is -0.459 e. The maximum atomic E-state index is 11.6. The average Bonchev–Trinajstić information content (AvgIpc) is 2.25. The highest BCUT2D eigenvalue weighted by molar-refractivity contribution is 5.85. The molecule has 0 aromatic rings. The van der Waals surface area contributed by atoms with E-state index in [0.717, 1.165) is 0 Å². The summed E-state index contributed by atoms with van der Waals surface area (Å²) >= 11 is 0. The molecule has 0 bridgehead atoms. The number of carbonyl (C=O) groups excluding carboxylic acids is 2. The van der Waals surface area contributed by atoms with E-state index in [9.17, 15) is 9.59 Å². The lowest BCUT2D eigenvalue weighted by molar-refractivity contribution is -0.154. The summed E-state index contributed by atoms with van der Waals surface area (Å²) in [4.78, 5) is 23.2. The first-order chi connectivity index (χ1) is 8.25. The van der Waals surface area contributed by atoms with E-state index in [1.54, 1.807) is 20.8 Å². The van der Waals surface area contributed by atoms with E-state index in [4.69, 9.17) is 10.5 Å². The van der Waals surface area contributed by atoms with Crippen molar-refractivity contribution in [2.24, 2.45) is 5.73 Å². The lowest BCUT2D eigenvalue weighted by Gasteiger charge is -2.35. The summed E-state index contributed by atoms with van der Waals surface area (Å²) in [6, 6.07) is 0. The molecule has 104 valence electrons. The topological polar surface area (TPSA) is 93.4 Å². The smallest absolute Gasteiger partial charge is 0.320 e. The third kappa shape index (κ3) is 4.27. The van der Waals surface area contributed by atoms with E-state index >= 15 is 0 Å². The fraction of sp³-hybridized carbons (Fsp3) is 0.833. The molecule has 0 aliphatic carbocycles. The monoisotopic (exact) mass is 257 g/mol. The van der Waals surface area contributed by atoms with Crippen LogP contribution in [0.5, 0.6) is 0 Å². The highest BCUT2D eigenvalue weighted by Gasteiger charge is 2.38. The number of rotatable bonds is 4. The van der Waals surface area contributed by atoms with Crippen molar-refractivity contribution < 1.29 is 14.3 Å². The summed E-state index contributed by atoms with van der Waals surface area (Å²) in [5.74, 6) is -0.783. The van der Waals surface area contributed by atoms with Gasteiger partial charge >= 0.3 is 5.97 Å². The van der Waals surface area contributed by atoms with Crippen LogP contribution in [-0.2, 0) is 14.3 Å². The van der Waals surface area contributed by atoms with Gasteiger partial charge in [0, 0.05) is 0 Å². The number of hydrogen-bond donors (Lipinski definition) is 3. The first-order valence-electron chi connectivity index (χ1n) is 6.23. The molecule has 4 N–H and O–H groups in total. The number of amides is 1. The molecule has 1 heterocycles. The minimum atomic E-state index is -0.790. The van der Waals surface area contributed by atoms with Crippen molar-refractivity contribution in [3.63, 3.8) is 0 Å². The Morgan fingerprint density at radius 1 is 1.33 bits per heavy atom. The molecule has 0 aromatic heterocycles. The summed E-state index contributed by atoms with van der Waals surface area (Å²) in [5, 5.41) is 6.12. The van der Waals surface area contributed by atoms with E-state index in [-0.39, 0.29) is 12.5 Å². The Morgan fingerprint density at radius 3 is 2.33 bits per heavy atom. The molecular weight excluding hydrogens is 234 g/mol. The number of hydrogen-bond acceptors (Lipinski definition) is 5. The van der Waals surface area contributed by atoms with E-state index in [1.807, 2.05) is 0 Å². The van der Waals surface area contributed by atoms with Crippen LogP contribution in [0.4, 0.5) is 0 Å². The van der Waals surface area contributed by atoms with E-state index in [0.29, 0.717) is 25.9 Å². The largest absolute Gasteiger partial charge is 0.459 e. The molecule has 0 unspecified atom stereocenters. The van der Waals surface area contributed by atoms with Crippen LogP contribution in [0.2, 0.25) is 0 Å². The fourth-order valence-electron chi connectivity index (χ4n) is 1.98. The molecule has 1 fully saturated rings. The van der Waals surface area contributed by atoms with Crippen LogP contribution in [0.1, 0.15) is 33.6 Å². The van der Waals surface area contributed by atoms with Crippen LogP contribution in [0.3, 0.4) is 0 Å². The van der Waals surface area contributed by atoms with Gasteiger partial charge < -0.3 is 15.8 Å². The van der Waals surface area contributed by atoms with Gasteiger partial charge in [0.2, 0.25) is 5.91 Å². The van der Waals surface area contributed by atoms with Gasteiger partial charge in [-0.2, -0.15) is 0 Å². The predicted molar refractivity (Wildman–Crippen MR) is 67.9 cm³/mol. The van der Waals surface area contributed by atoms with Gasteiger partial charge in [-0.05, 0) is 46.7 Å². The molecule has 0 aromatic carbocycles. The normalized spacial score (nSPS) is 19.3. The van der Waals surface area contributed by atoms with E-state index in [2.05, 4.69) is 10.6 Å². The van der Waals surface area contributed by atoms with Crippen molar-refractivity contribution in [2.45, 2.75) is 44.8 Å². The zero-order chi connectivity index (χ0) is 13.8. The number of ether oxygens (including phenoxy) is 1. The Balaban J connectivity index is 2.53. The van der Waals surface area contributed by atoms with Crippen molar-refractivity contribution in [3.05, 3.63) is 0 Å². The zero-order valence-corrected chi connectivity index (χ0v) is 11.3. The molecular formula is C12H23N3O3. The van der Waals surface area contributed by atoms with Gasteiger partial charge in [0.15, 0.2) is 0 Å². The van der Waals surface area contributed by atoms with Crippen molar-refractivity contribution in [1.82, 2.24) is 10.6 Å². The summed E-state index contributed by atoms with van der Waals surface area (Å²) in [7, 11) is 0. The maximum Gasteiger partial charge on any atom is 0.320 e. The Labute approximate surface area is 108 Å². The van der Waals surface area contributed by atoms with Gasteiger partial charge in [0.1, 0.15) is 11.1 Å². The molecule has 1 saturated heterocycles. The van der Waals surface area contributed by atoms with Gasteiger partial charge in [-0.15, -0.1) is 0 Å². The average molecular weight is 257 g/mol. The standard InChI is InChI=1S/C12H23N3O3/c1-11(2,3)18-9(16)8-15-12(10(13)17)4-6-14-7-5-12/h14-15H,4-8H2,1-3H3,(H2,13,17). The molecule has 0 atom stereocenters. The van der Waals surface area contributed by atoms with Gasteiger partial charge in [-0.3, -0.25) is 14.9 Å².